The maximum Gasteiger partial charge on any atom is 0.189 e. The first kappa shape index (κ1) is 14.5. The van der Waals surface area contributed by atoms with Crippen LogP contribution in [0.4, 0.5) is 0 Å². The van der Waals surface area contributed by atoms with E-state index in [1.54, 1.807) is 0 Å². The summed E-state index contributed by atoms with van der Waals surface area (Å²) in [6, 6.07) is 17.5. The average molecular weight is 287 g/mol. The highest BCUT2D eigenvalue weighted by Crippen LogP contribution is 2.11. The first-order valence-corrected chi connectivity index (χ1v) is 6.81. The van der Waals surface area contributed by atoms with Gasteiger partial charge in [-0.3, -0.25) is 0 Å². The molecule has 2 aromatic rings. The normalized spacial score (nSPS) is 9.65. The first-order chi connectivity index (χ1) is 9.88. The zero-order valence-electron chi connectivity index (χ0n) is 11.0. The molecule has 2 rings (SSSR count). The maximum atomic E-state index is 5.50. The minimum Gasteiger partial charge on any atom is -0.468 e. The van der Waals surface area contributed by atoms with Crippen LogP contribution in [0.1, 0.15) is 11.1 Å². The zero-order chi connectivity index (χ0) is 14.0. The predicted molar refractivity (Wildman–Crippen MR) is 80.8 cm³/mol. The van der Waals surface area contributed by atoms with E-state index in [4.69, 9.17) is 21.1 Å². The van der Waals surface area contributed by atoms with Crippen LogP contribution in [-0.4, -0.2) is 12.7 Å². The van der Waals surface area contributed by atoms with Crippen molar-refractivity contribution in [3.8, 4) is 17.6 Å². The molecule has 0 aliphatic heterocycles. The van der Waals surface area contributed by atoms with Crippen molar-refractivity contribution in [3.63, 3.8) is 0 Å². The minimum absolute atomic E-state index is 0.224. The second-order valence-electron chi connectivity index (χ2n) is 4.06. The second-order valence-corrected chi connectivity index (χ2v) is 4.32. The van der Waals surface area contributed by atoms with Crippen LogP contribution in [0.2, 0.25) is 0 Å². The Labute approximate surface area is 124 Å². The lowest BCUT2D eigenvalue weighted by Crippen LogP contribution is -2.02. The number of ether oxygens (including phenoxy) is 2. The van der Waals surface area contributed by atoms with Gasteiger partial charge in [0.2, 0.25) is 0 Å². The molecule has 0 spiro atoms. The summed E-state index contributed by atoms with van der Waals surface area (Å²) in [6.07, 6.45) is 0. The smallest absolute Gasteiger partial charge is 0.189 e. The third-order valence-corrected chi connectivity index (χ3v) is 2.71. The molecule has 0 N–H and O–H groups in total. The summed E-state index contributed by atoms with van der Waals surface area (Å²) in [6.45, 7) is 0.766. The Morgan fingerprint density at radius 1 is 0.950 bits per heavy atom. The van der Waals surface area contributed by atoms with Crippen molar-refractivity contribution in [3.05, 3.63) is 65.7 Å². The van der Waals surface area contributed by atoms with Crippen molar-refractivity contribution >= 4 is 11.6 Å². The van der Waals surface area contributed by atoms with E-state index < -0.39 is 0 Å². The maximum absolute atomic E-state index is 5.50. The lowest BCUT2D eigenvalue weighted by molar-refractivity contribution is 0.00504. The molecule has 20 heavy (non-hydrogen) atoms. The molecule has 102 valence electrons. The summed E-state index contributed by atoms with van der Waals surface area (Å²) in [5, 5.41) is 0. The van der Waals surface area contributed by atoms with E-state index in [9.17, 15) is 0 Å². The molecule has 0 aliphatic rings. The van der Waals surface area contributed by atoms with Crippen LogP contribution in [0.3, 0.4) is 0 Å². The Balaban J connectivity index is 1.74. The van der Waals surface area contributed by atoms with Crippen LogP contribution >= 0.6 is 11.6 Å². The van der Waals surface area contributed by atoms with Gasteiger partial charge < -0.3 is 9.47 Å². The number of benzene rings is 2. The molecule has 0 amide bonds. The minimum atomic E-state index is 0.224. The second kappa shape index (κ2) is 8.27. The van der Waals surface area contributed by atoms with Crippen LogP contribution < -0.4 is 4.74 Å². The van der Waals surface area contributed by atoms with E-state index in [2.05, 4.69) is 11.8 Å². The quantitative estimate of drug-likeness (QED) is 0.360. The van der Waals surface area contributed by atoms with Gasteiger partial charge in [-0.2, -0.15) is 0 Å². The van der Waals surface area contributed by atoms with Crippen LogP contribution in [0.25, 0.3) is 0 Å². The fraction of sp³-hybridized carbons (Fsp3) is 0.176. The van der Waals surface area contributed by atoms with Gasteiger partial charge in [-0.1, -0.05) is 42.2 Å². The van der Waals surface area contributed by atoms with Crippen LogP contribution in [0.15, 0.2) is 54.6 Å². The number of alkyl halides is 1. The summed E-state index contributed by atoms with van der Waals surface area (Å²) in [5.41, 5.74) is 2.05. The monoisotopic (exact) mass is 286 g/mol. The van der Waals surface area contributed by atoms with Crippen LogP contribution in [0.5, 0.6) is 5.75 Å². The van der Waals surface area contributed by atoms with E-state index in [1.165, 1.54) is 0 Å². The number of halogens is 1. The molecule has 0 unspecified atom stereocenters. The van der Waals surface area contributed by atoms with Gasteiger partial charge in [0.25, 0.3) is 0 Å². The molecular formula is C17H15ClO2. The Morgan fingerprint density at radius 3 is 2.40 bits per heavy atom. The van der Waals surface area contributed by atoms with E-state index in [0.717, 1.165) is 16.9 Å². The molecule has 0 heterocycles. The van der Waals surface area contributed by atoms with Gasteiger partial charge in [0.05, 0.1) is 12.5 Å². The molecule has 0 saturated heterocycles. The lowest BCUT2D eigenvalue weighted by Gasteiger charge is -2.07. The van der Waals surface area contributed by atoms with Crippen molar-refractivity contribution < 1.29 is 9.47 Å². The average Bonchev–Trinajstić information content (AvgIpc) is 2.52. The Morgan fingerprint density at radius 2 is 1.70 bits per heavy atom. The molecule has 2 nitrogen and oxygen atoms in total. The standard InChI is InChI=1S/C17H15ClO2/c18-12-4-7-15-8-10-17(11-9-15)20-14-19-13-16-5-2-1-3-6-16/h1-3,5-6,8-11H,12-14H2. The van der Waals surface area contributed by atoms with Gasteiger partial charge in [-0.05, 0) is 29.8 Å². The first-order valence-electron chi connectivity index (χ1n) is 6.28. The number of rotatable bonds is 5. The van der Waals surface area contributed by atoms with Crippen molar-refractivity contribution in [2.75, 3.05) is 12.7 Å². The van der Waals surface area contributed by atoms with Crippen LogP contribution in [-0.2, 0) is 11.3 Å². The van der Waals surface area contributed by atoms with Crippen molar-refractivity contribution in [1.82, 2.24) is 0 Å². The van der Waals surface area contributed by atoms with E-state index in [-0.39, 0.29) is 6.79 Å². The highest BCUT2D eigenvalue weighted by molar-refractivity contribution is 6.19. The lowest BCUT2D eigenvalue weighted by atomic mass is 10.2. The number of hydrogen-bond donors (Lipinski definition) is 0. The van der Waals surface area contributed by atoms with E-state index in [1.807, 2.05) is 54.6 Å². The largest absolute Gasteiger partial charge is 0.468 e. The third kappa shape index (κ3) is 4.97. The molecular weight excluding hydrogens is 272 g/mol. The van der Waals surface area contributed by atoms with Crippen molar-refractivity contribution in [1.29, 1.82) is 0 Å². The van der Waals surface area contributed by atoms with Crippen molar-refractivity contribution in [2.24, 2.45) is 0 Å². The fourth-order valence-corrected chi connectivity index (χ4v) is 1.68. The summed E-state index contributed by atoms with van der Waals surface area (Å²) in [4.78, 5) is 0. The van der Waals surface area contributed by atoms with Gasteiger partial charge >= 0.3 is 0 Å². The summed E-state index contributed by atoms with van der Waals surface area (Å²) in [7, 11) is 0. The topological polar surface area (TPSA) is 18.5 Å². The summed E-state index contributed by atoms with van der Waals surface area (Å²) >= 11 is 5.50. The van der Waals surface area contributed by atoms with Gasteiger partial charge in [0.15, 0.2) is 6.79 Å². The summed E-state index contributed by atoms with van der Waals surface area (Å²) in [5.74, 6) is 6.84. The highest BCUT2D eigenvalue weighted by atomic mass is 35.5. The molecule has 0 aliphatic carbocycles. The Kier molecular flexibility index (Phi) is 5.98. The Hall–Kier alpha value is -1.95. The van der Waals surface area contributed by atoms with E-state index >= 15 is 0 Å². The molecule has 0 bridgehead atoms. The molecule has 0 saturated carbocycles. The Bertz CT molecular complexity index is 567. The fourth-order valence-electron chi connectivity index (χ4n) is 1.61. The SMILES string of the molecule is ClCC#Cc1ccc(OCOCc2ccccc2)cc1. The van der Waals surface area contributed by atoms with Gasteiger partial charge in [-0.15, -0.1) is 11.6 Å². The van der Waals surface area contributed by atoms with Gasteiger partial charge in [0, 0.05) is 5.56 Å². The molecule has 0 fully saturated rings. The molecule has 0 radical (unpaired) electrons. The molecule has 0 atom stereocenters. The molecule has 3 heteroatoms. The van der Waals surface area contributed by atoms with Crippen molar-refractivity contribution in [2.45, 2.75) is 6.61 Å². The van der Waals surface area contributed by atoms with Crippen LogP contribution in [0, 0.1) is 11.8 Å². The highest BCUT2D eigenvalue weighted by Gasteiger charge is 1.95. The number of hydrogen-bond acceptors (Lipinski definition) is 2. The molecule has 2 aromatic carbocycles. The van der Waals surface area contributed by atoms with Gasteiger partial charge in [-0.25, -0.2) is 0 Å². The van der Waals surface area contributed by atoms with E-state index in [0.29, 0.717) is 12.5 Å². The molecule has 0 aromatic heterocycles. The zero-order valence-corrected chi connectivity index (χ0v) is 11.8. The summed E-state index contributed by atoms with van der Waals surface area (Å²) < 4.78 is 10.9. The predicted octanol–water partition coefficient (Wildman–Crippen LogP) is 3.83. The third-order valence-electron chi connectivity index (χ3n) is 2.57. The van der Waals surface area contributed by atoms with Gasteiger partial charge in [0.1, 0.15) is 5.75 Å².